The lowest BCUT2D eigenvalue weighted by Crippen LogP contribution is -1.89. The van der Waals surface area contributed by atoms with Crippen LogP contribution in [0.25, 0.3) is 0 Å². The second-order valence-electron chi connectivity index (χ2n) is 2.20. The van der Waals surface area contributed by atoms with E-state index >= 15 is 0 Å². The first kappa shape index (κ1) is 8.22. The Morgan fingerprint density at radius 2 is 1.91 bits per heavy atom. The standard InChI is InChI=1S/C8H9O2P/c1-6(9)7-2-4-8(10-11)5-3-7/h2-5H,11H2,1H3. The van der Waals surface area contributed by atoms with E-state index in [-0.39, 0.29) is 5.78 Å². The Morgan fingerprint density at radius 3 is 2.27 bits per heavy atom. The monoisotopic (exact) mass is 168 g/mol. The van der Waals surface area contributed by atoms with E-state index in [4.69, 9.17) is 4.52 Å². The molecule has 0 radical (unpaired) electrons. The number of hydrogen-bond donors (Lipinski definition) is 0. The molecule has 3 heteroatoms. The Labute approximate surface area is 67.9 Å². The van der Waals surface area contributed by atoms with E-state index in [1.807, 2.05) is 0 Å². The quantitative estimate of drug-likeness (QED) is 0.499. The zero-order chi connectivity index (χ0) is 8.27. The molecule has 0 heterocycles. The fourth-order valence-electron chi connectivity index (χ4n) is 0.768. The molecule has 0 fully saturated rings. The first-order chi connectivity index (χ1) is 5.24. The summed E-state index contributed by atoms with van der Waals surface area (Å²) in [5.41, 5.74) is 0.704. The third kappa shape index (κ3) is 2.02. The van der Waals surface area contributed by atoms with Crippen LogP contribution in [0.5, 0.6) is 5.75 Å². The van der Waals surface area contributed by atoms with Crippen molar-refractivity contribution in [1.29, 1.82) is 0 Å². The van der Waals surface area contributed by atoms with E-state index in [1.54, 1.807) is 24.3 Å². The summed E-state index contributed by atoms with van der Waals surface area (Å²) in [7, 11) is 2.15. The van der Waals surface area contributed by atoms with Gasteiger partial charge in [-0.1, -0.05) is 0 Å². The van der Waals surface area contributed by atoms with Crippen molar-refractivity contribution in [2.45, 2.75) is 6.92 Å². The lowest BCUT2D eigenvalue weighted by atomic mass is 10.1. The molecular formula is C8H9O2P. The van der Waals surface area contributed by atoms with Crippen molar-refractivity contribution in [2.24, 2.45) is 0 Å². The van der Waals surface area contributed by atoms with Crippen LogP contribution in [0, 0.1) is 0 Å². The van der Waals surface area contributed by atoms with Gasteiger partial charge in [0.15, 0.2) is 5.78 Å². The Kier molecular flexibility index (Phi) is 2.61. The van der Waals surface area contributed by atoms with Crippen molar-refractivity contribution < 1.29 is 9.32 Å². The normalized spacial score (nSPS) is 9.27. The van der Waals surface area contributed by atoms with Crippen LogP contribution >= 0.6 is 9.47 Å². The van der Waals surface area contributed by atoms with Crippen molar-refractivity contribution in [2.75, 3.05) is 0 Å². The predicted octanol–water partition coefficient (Wildman–Crippen LogP) is 2.06. The average Bonchev–Trinajstić information content (AvgIpc) is 2.05. The van der Waals surface area contributed by atoms with Crippen LogP contribution in [0.4, 0.5) is 0 Å². The second-order valence-corrected chi connectivity index (χ2v) is 2.43. The Hall–Kier alpha value is -0.880. The number of rotatable bonds is 2. The first-order valence-electron chi connectivity index (χ1n) is 3.22. The van der Waals surface area contributed by atoms with Gasteiger partial charge in [-0.25, -0.2) is 0 Å². The van der Waals surface area contributed by atoms with Crippen LogP contribution in [0.3, 0.4) is 0 Å². The molecule has 0 aromatic heterocycles. The van der Waals surface area contributed by atoms with Gasteiger partial charge >= 0.3 is 0 Å². The van der Waals surface area contributed by atoms with Crippen molar-refractivity contribution in [3.05, 3.63) is 29.8 Å². The van der Waals surface area contributed by atoms with Crippen LogP contribution < -0.4 is 4.52 Å². The van der Waals surface area contributed by atoms with Gasteiger partial charge in [-0.2, -0.15) is 0 Å². The molecule has 0 aliphatic carbocycles. The summed E-state index contributed by atoms with van der Waals surface area (Å²) in [6.45, 7) is 1.54. The fraction of sp³-hybridized carbons (Fsp3) is 0.125. The molecular weight excluding hydrogens is 159 g/mol. The van der Waals surface area contributed by atoms with Gasteiger partial charge in [0.25, 0.3) is 0 Å². The van der Waals surface area contributed by atoms with Gasteiger partial charge in [-0.15, -0.1) is 0 Å². The Morgan fingerprint density at radius 1 is 1.36 bits per heavy atom. The SMILES string of the molecule is CC(=O)c1ccc(OP)cc1. The highest BCUT2D eigenvalue weighted by atomic mass is 31.0. The molecule has 0 aliphatic rings. The van der Waals surface area contributed by atoms with Gasteiger partial charge in [0.1, 0.15) is 5.75 Å². The van der Waals surface area contributed by atoms with Gasteiger partial charge in [0.2, 0.25) is 0 Å². The highest BCUT2D eigenvalue weighted by molar-refractivity contribution is 7.10. The number of ketones is 1. The second kappa shape index (κ2) is 3.49. The molecule has 1 aromatic carbocycles. The lowest BCUT2D eigenvalue weighted by Gasteiger charge is -1.98. The van der Waals surface area contributed by atoms with E-state index in [9.17, 15) is 4.79 Å². The van der Waals surface area contributed by atoms with Gasteiger partial charge in [0.05, 0.1) is 9.47 Å². The highest BCUT2D eigenvalue weighted by Gasteiger charge is 1.97. The molecule has 0 saturated heterocycles. The minimum atomic E-state index is 0.0697. The molecule has 58 valence electrons. The van der Waals surface area contributed by atoms with Crippen LogP contribution in [0.2, 0.25) is 0 Å². The molecule has 1 atom stereocenters. The Bertz CT molecular complexity index is 253. The zero-order valence-corrected chi connectivity index (χ0v) is 7.36. The summed E-state index contributed by atoms with van der Waals surface area (Å²) in [6.07, 6.45) is 0. The van der Waals surface area contributed by atoms with E-state index in [0.29, 0.717) is 5.56 Å². The van der Waals surface area contributed by atoms with E-state index in [2.05, 4.69) is 9.47 Å². The number of benzene rings is 1. The molecule has 0 N–H and O–H groups in total. The topological polar surface area (TPSA) is 26.3 Å². The van der Waals surface area contributed by atoms with Crippen molar-refractivity contribution in [1.82, 2.24) is 0 Å². The van der Waals surface area contributed by atoms with Crippen molar-refractivity contribution in [3.8, 4) is 5.75 Å². The molecule has 0 bridgehead atoms. The summed E-state index contributed by atoms with van der Waals surface area (Å²) in [4.78, 5) is 10.8. The number of Topliss-reactive ketones (excluding diaryl/α,β-unsaturated/α-hetero) is 1. The molecule has 1 aromatic rings. The summed E-state index contributed by atoms with van der Waals surface area (Å²) < 4.78 is 4.85. The fourth-order valence-corrected chi connectivity index (χ4v) is 0.925. The smallest absolute Gasteiger partial charge is 0.159 e. The van der Waals surface area contributed by atoms with Gasteiger partial charge < -0.3 is 4.52 Å². The van der Waals surface area contributed by atoms with E-state index in [1.165, 1.54) is 6.92 Å². The molecule has 11 heavy (non-hydrogen) atoms. The maximum absolute atomic E-state index is 10.8. The van der Waals surface area contributed by atoms with Gasteiger partial charge in [-0.05, 0) is 31.2 Å². The van der Waals surface area contributed by atoms with Gasteiger partial charge in [0, 0.05) is 5.56 Å². The van der Waals surface area contributed by atoms with Crippen LogP contribution in [-0.2, 0) is 0 Å². The van der Waals surface area contributed by atoms with Crippen molar-refractivity contribution in [3.63, 3.8) is 0 Å². The minimum absolute atomic E-state index is 0.0697. The molecule has 2 nitrogen and oxygen atoms in total. The lowest BCUT2D eigenvalue weighted by molar-refractivity contribution is 0.101. The number of carbonyl (C=O) groups is 1. The summed E-state index contributed by atoms with van der Waals surface area (Å²) in [6, 6.07) is 6.98. The van der Waals surface area contributed by atoms with Crippen molar-refractivity contribution >= 4 is 15.2 Å². The summed E-state index contributed by atoms with van der Waals surface area (Å²) in [5, 5.41) is 0. The van der Waals surface area contributed by atoms with E-state index < -0.39 is 0 Å². The van der Waals surface area contributed by atoms with Crippen LogP contribution in [0.15, 0.2) is 24.3 Å². The summed E-state index contributed by atoms with van der Waals surface area (Å²) >= 11 is 0. The number of carbonyl (C=O) groups excluding carboxylic acids is 1. The van der Waals surface area contributed by atoms with E-state index in [0.717, 1.165) is 5.75 Å². The third-order valence-electron chi connectivity index (χ3n) is 1.40. The molecule has 0 spiro atoms. The Balaban J connectivity index is 2.91. The molecule has 0 aliphatic heterocycles. The molecule has 1 rings (SSSR count). The summed E-state index contributed by atoms with van der Waals surface area (Å²) in [5.74, 6) is 0.806. The maximum Gasteiger partial charge on any atom is 0.159 e. The van der Waals surface area contributed by atoms with Crippen LogP contribution in [-0.4, -0.2) is 5.78 Å². The molecule has 0 amide bonds. The average molecular weight is 168 g/mol. The molecule has 1 unspecified atom stereocenters. The minimum Gasteiger partial charge on any atom is -0.480 e. The zero-order valence-electron chi connectivity index (χ0n) is 6.20. The largest absolute Gasteiger partial charge is 0.480 e. The maximum atomic E-state index is 10.8. The number of hydrogen-bond acceptors (Lipinski definition) is 2. The first-order valence-corrected chi connectivity index (χ1v) is 3.69. The van der Waals surface area contributed by atoms with Crippen LogP contribution in [0.1, 0.15) is 17.3 Å². The third-order valence-corrected chi connectivity index (χ3v) is 1.67. The molecule has 0 saturated carbocycles. The highest BCUT2D eigenvalue weighted by Crippen LogP contribution is 2.13. The predicted molar refractivity (Wildman–Crippen MR) is 46.8 cm³/mol. The van der Waals surface area contributed by atoms with Gasteiger partial charge in [-0.3, -0.25) is 4.79 Å².